The summed E-state index contributed by atoms with van der Waals surface area (Å²) in [4.78, 5) is 29.0. The highest BCUT2D eigenvalue weighted by Gasteiger charge is 2.26. The second-order valence-electron chi connectivity index (χ2n) is 9.21. The van der Waals surface area contributed by atoms with Crippen molar-refractivity contribution in [2.75, 3.05) is 17.2 Å². The van der Waals surface area contributed by atoms with Gasteiger partial charge in [0.15, 0.2) is 0 Å². The molecular weight excluding hydrogens is 434 g/mol. The summed E-state index contributed by atoms with van der Waals surface area (Å²) in [5, 5.41) is 18.0. The third-order valence-electron chi connectivity index (χ3n) is 6.55. The molecule has 3 N–H and O–H groups in total. The Bertz CT molecular complexity index is 1200. The zero-order valence-electron chi connectivity index (χ0n) is 19.2. The van der Waals surface area contributed by atoms with Crippen molar-refractivity contribution >= 4 is 17.5 Å². The lowest BCUT2D eigenvalue weighted by atomic mass is 9.93. The number of nitrogens with one attached hydrogen (secondary N) is 3. The van der Waals surface area contributed by atoms with E-state index in [1.165, 1.54) is 17.2 Å². The van der Waals surface area contributed by atoms with Crippen LogP contribution >= 0.6 is 0 Å². The zero-order chi connectivity index (χ0) is 23.5. The predicted molar refractivity (Wildman–Crippen MR) is 127 cm³/mol. The SMILES string of the molecule is Cc1cc(C(=O)NC[C@@H]2CC[C@H](Nc3ccc(-n4nc(NC5CCC5)ccc4=O)cn3)C2)on1. The number of aromatic nitrogens is 4. The molecule has 2 fully saturated rings. The lowest BCUT2D eigenvalue weighted by molar-refractivity contribution is 0.0910. The number of carbonyl (C=O) groups excluding carboxylic acids is 1. The van der Waals surface area contributed by atoms with Crippen LogP contribution in [-0.2, 0) is 0 Å². The van der Waals surface area contributed by atoms with Crippen molar-refractivity contribution in [3.8, 4) is 5.69 Å². The molecule has 0 aromatic carbocycles. The van der Waals surface area contributed by atoms with Gasteiger partial charge in [0.1, 0.15) is 11.6 Å². The van der Waals surface area contributed by atoms with E-state index in [1.807, 2.05) is 12.1 Å². The second kappa shape index (κ2) is 9.66. The summed E-state index contributed by atoms with van der Waals surface area (Å²) < 4.78 is 6.39. The van der Waals surface area contributed by atoms with Crippen LogP contribution in [0.3, 0.4) is 0 Å². The zero-order valence-corrected chi connectivity index (χ0v) is 19.2. The topological polar surface area (TPSA) is 127 Å². The number of aryl methyl sites for hydroxylation is 1. The van der Waals surface area contributed by atoms with Crippen molar-refractivity contribution in [3.05, 3.63) is 58.3 Å². The summed E-state index contributed by atoms with van der Waals surface area (Å²) in [6.45, 7) is 2.39. The average Bonchev–Trinajstić information content (AvgIpc) is 3.45. The van der Waals surface area contributed by atoms with Gasteiger partial charge < -0.3 is 20.5 Å². The Morgan fingerprint density at radius 2 is 1.91 bits per heavy atom. The molecular formula is C24H29N7O3. The summed E-state index contributed by atoms with van der Waals surface area (Å²) in [6, 6.07) is 9.34. The van der Waals surface area contributed by atoms with Crippen molar-refractivity contribution in [1.82, 2.24) is 25.2 Å². The van der Waals surface area contributed by atoms with Gasteiger partial charge in [-0.25, -0.2) is 4.98 Å². The highest BCUT2D eigenvalue weighted by Crippen LogP contribution is 2.27. The third kappa shape index (κ3) is 5.11. The first kappa shape index (κ1) is 22.1. The maximum absolute atomic E-state index is 12.3. The molecule has 3 aromatic heterocycles. The van der Waals surface area contributed by atoms with Crippen LogP contribution in [0.4, 0.5) is 11.6 Å². The van der Waals surface area contributed by atoms with Crippen LogP contribution < -0.4 is 21.5 Å². The molecule has 0 aliphatic heterocycles. The number of amides is 1. The molecule has 5 rings (SSSR count). The molecule has 3 heterocycles. The number of rotatable bonds is 8. The minimum Gasteiger partial charge on any atom is -0.367 e. The fraction of sp³-hybridized carbons (Fsp3) is 0.458. The number of hydrogen-bond acceptors (Lipinski definition) is 8. The lowest BCUT2D eigenvalue weighted by Crippen LogP contribution is -2.29. The van der Waals surface area contributed by atoms with Gasteiger partial charge in [-0.15, -0.1) is 5.10 Å². The van der Waals surface area contributed by atoms with Crippen LogP contribution in [0.2, 0.25) is 0 Å². The molecule has 1 amide bonds. The summed E-state index contributed by atoms with van der Waals surface area (Å²) in [5.74, 6) is 1.86. The van der Waals surface area contributed by atoms with Crippen molar-refractivity contribution < 1.29 is 9.32 Å². The van der Waals surface area contributed by atoms with E-state index in [2.05, 4.69) is 31.2 Å². The van der Waals surface area contributed by atoms with E-state index in [0.717, 1.165) is 37.9 Å². The molecule has 10 heteroatoms. The van der Waals surface area contributed by atoms with Crippen LogP contribution in [0, 0.1) is 12.8 Å². The Hall–Kier alpha value is -3.69. The molecule has 2 aliphatic rings. The highest BCUT2D eigenvalue weighted by molar-refractivity contribution is 5.91. The van der Waals surface area contributed by atoms with Gasteiger partial charge in [-0.1, -0.05) is 5.16 Å². The van der Waals surface area contributed by atoms with Gasteiger partial charge in [0.25, 0.3) is 11.5 Å². The van der Waals surface area contributed by atoms with Crippen LogP contribution in [0.25, 0.3) is 5.69 Å². The van der Waals surface area contributed by atoms with Crippen LogP contribution in [0.5, 0.6) is 0 Å². The van der Waals surface area contributed by atoms with Gasteiger partial charge in [-0.05, 0) is 69.6 Å². The van der Waals surface area contributed by atoms with Crippen molar-refractivity contribution in [2.24, 2.45) is 5.92 Å². The maximum Gasteiger partial charge on any atom is 0.289 e. The van der Waals surface area contributed by atoms with E-state index in [-0.39, 0.29) is 23.3 Å². The third-order valence-corrected chi connectivity index (χ3v) is 6.55. The smallest absolute Gasteiger partial charge is 0.289 e. The minimum atomic E-state index is -0.231. The Balaban J connectivity index is 1.14. The van der Waals surface area contributed by atoms with Gasteiger partial charge in [0.05, 0.1) is 17.6 Å². The van der Waals surface area contributed by atoms with Gasteiger partial charge in [0.2, 0.25) is 5.76 Å². The fourth-order valence-electron chi connectivity index (χ4n) is 4.43. The Morgan fingerprint density at radius 3 is 2.62 bits per heavy atom. The molecule has 3 aromatic rings. The van der Waals surface area contributed by atoms with Crippen molar-refractivity contribution in [1.29, 1.82) is 0 Å². The van der Waals surface area contributed by atoms with Crippen LogP contribution in [0.15, 0.2) is 45.8 Å². The summed E-state index contributed by atoms with van der Waals surface area (Å²) >= 11 is 0. The first-order chi connectivity index (χ1) is 16.5. The molecule has 0 radical (unpaired) electrons. The molecule has 0 unspecified atom stereocenters. The predicted octanol–water partition coefficient (Wildman–Crippen LogP) is 2.90. The second-order valence-corrected chi connectivity index (χ2v) is 9.21. The van der Waals surface area contributed by atoms with E-state index in [4.69, 9.17) is 4.52 Å². The molecule has 178 valence electrons. The van der Waals surface area contributed by atoms with E-state index in [1.54, 1.807) is 25.3 Å². The van der Waals surface area contributed by atoms with E-state index >= 15 is 0 Å². The molecule has 2 aliphatic carbocycles. The quantitative estimate of drug-likeness (QED) is 0.465. The number of nitrogens with zero attached hydrogens (tertiary/aromatic N) is 4. The van der Waals surface area contributed by atoms with Crippen LogP contribution in [-0.4, -0.2) is 44.5 Å². The summed E-state index contributed by atoms with van der Waals surface area (Å²) in [7, 11) is 0. The lowest BCUT2D eigenvalue weighted by Gasteiger charge is -2.26. The summed E-state index contributed by atoms with van der Waals surface area (Å²) in [5.41, 5.74) is 1.12. The molecule has 2 atom stereocenters. The average molecular weight is 464 g/mol. The standard InChI is InChI=1S/C24H29N7O3/c1-15-11-20(34-30-15)24(33)26-13-16-5-6-18(12-16)28-21-8-7-19(14-25-21)31-23(32)10-9-22(29-31)27-17-3-2-4-17/h7-11,14,16-18H,2-6,12-13H2,1H3,(H,25,28)(H,26,33)(H,27,29)/t16-,18+/m1/s1. The summed E-state index contributed by atoms with van der Waals surface area (Å²) in [6.07, 6.45) is 8.13. The van der Waals surface area contributed by atoms with Gasteiger partial charge >= 0.3 is 0 Å². The maximum atomic E-state index is 12.3. The Morgan fingerprint density at radius 1 is 1.09 bits per heavy atom. The molecule has 10 nitrogen and oxygen atoms in total. The highest BCUT2D eigenvalue weighted by atomic mass is 16.5. The van der Waals surface area contributed by atoms with Crippen LogP contribution in [0.1, 0.15) is 54.8 Å². The molecule has 0 saturated heterocycles. The molecule has 34 heavy (non-hydrogen) atoms. The molecule has 2 saturated carbocycles. The Kier molecular flexibility index (Phi) is 6.29. The monoisotopic (exact) mass is 463 g/mol. The van der Waals surface area contributed by atoms with Crippen molar-refractivity contribution in [2.45, 2.75) is 57.5 Å². The van der Waals surface area contributed by atoms with Gasteiger partial charge in [-0.3, -0.25) is 9.59 Å². The minimum absolute atomic E-state index is 0.192. The fourth-order valence-corrected chi connectivity index (χ4v) is 4.43. The number of anilines is 2. The first-order valence-electron chi connectivity index (χ1n) is 11.8. The number of hydrogen-bond donors (Lipinski definition) is 3. The largest absolute Gasteiger partial charge is 0.367 e. The molecule has 0 bridgehead atoms. The number of pyridine rings is 1. The van der Waals surface area contributed by atoms with Gasteiger partial charge in [0, 0.05) is 30.8 Å². The van der Waals surface area contributed by atoms with E-state index < -0.39 is 0 Å². The van der Waals surface area contributed by atoms with Gasteiger partial charge in [-0.2, -0.15) is 4.68 Å². The number of carbonyl (C=O) groups is 1. The first-order valence-corrected chi connectivity index (χ1v) is 11.8. The normalized spacial score (nSPS) is 20.0. The molecule has 0 spiro atoms. The van der Waals surface area contributed by atoms with Crippen molar-refractivity contribution in [3.63, 3.8) is 0 Å². The Labute approximate surface area is 197 Å². The van der Waals surface area contributed by atoms with E-state index in [0.29, 0.717) is 35.7 Å². The van der Waals surface area contributed by atoms with E-state index in [9.17, 15) is 9.59 Å².